The number of nitrogens with zero attached hydrogens (tertiary/aromatic N) is 3. The summed E-state index contributed by atoms with van der Waals surface area (Å²) in [6, 6.07) is 22.6. The smallest absolute Gasteiger partial charge is 0.261 e. The largest absolute Gasteiger partial charge is 0.496 e. The average molecular weight is 441 g/mol. The van der Waals surface area contributed by atoms with Gasteiger partial charge in [-0.05, 0) is 41.5 Å². The summed E-state index contributed by atoms with van der Waals surface area (Å²) in [4.78, 5) is 17.3. The van der Waals surface area contributed by atoms with Crippen LogP contribution in [-0.2, 0) is 0 Å². The molecule has 3 aromatic carbocycles. The molecule has 1 aromatic heterocycles. The van der Waals surface area contributed by atoms with Gasteiger partial charge in [0.1, 0.15) is 17.6 Å². The molecule has 1 atom stereocenters. The number of amides is 1. The number of allylic oxidation sites excluding steroid dienone is 1. The van der Waals surface area contributed by atoms with Crippen molar-refractivity contribution in [3.05, 3.63) is 107 Å². The third-order valence-electron chi connectivity index (χ3n) is 5.34. The Hall–Kier alpha value is -4.46. The van der Waals surface area contributed by atoms with E-state index in [0.29, 0.717) is 17.3 Å². The van der Waals surface area contributed by atoms with E-state index in [9.17, 15) is 9.18 Å². The van der Waals surface area contributed by atoms with Crippen LogP contribution in [0.3, 0.4) is 0 Å². The molecule has 0 aliphatic carbocycles. The first-order valence-corrected chi connectivity index (χ1v) is 10.3. The number of aromatic nitrogens is 3. The van der Waals surface area contributed by atoms with Gasteiger partial charge in [0.15, 0.2) is 0 Å². The number of methoxy groups -OCH3 is 1. The molecule has 0 unspecified atom stereocenters. The van der Waals surface area contributed by atoms with Gasteiger partial charge in [-0.15, -0.1) is 5.10 Å². The molecule has 4 aromatic rings. The summed E-state index contributed by atoms with van der Waals surface area (Å²) in [7, 11) is 1.51. The first-order valence-electron chi connectivity index (χ1n) is 10.3. The third-order valence-corrected chi connectivity index (χ3v) is 5.34. The van der Waals surface area contributed by atoms with Crippen molar-refractivity contribution in [2.24, 2.45) is 0 Å². The number of benzene rings is 3. The van der Waals surface area contributed by atoms with Gasteiger partial charge in [-0.1, -0.05) is 54.6 Å². The number of hydrogen-bond donors (Lipinski definition) is 2. The van der Waals surface area contributed by atoms with Crippen molar-refractivity contribution in [1.29, 1.82) is 0 Å². The zero-order chi connectivity index (χ0) is 22.8. The summed E-state index contributed by atoms with van der Waals surface area (Å²) in [5, 5.41) is 10.5. The van der Waals surface area contributed by atoms with Gasteiger partial charge in [0, 0.05) is 5.70 Å². The topological polar surface area (TPSA) is 81.1 Å². The fraction of sp³-hybridized carbons (Fsp3) is 0.0800. The molecule has 1 aliphatic heterocycles. The number of carbonyl (C=O) groups is 1. The minimum absolute atomic E-state index is 0.142. The highest BCUT2D eigenvalue weighted by Crippen LogP contribution is 2.33. The molecular formula is C25H20FN5O2. The number of hydrogen-bond acceptors (Lipinski definition) is 5. The molecule has 1 amide bonds. The summed E-state index contributed by atoms with van der Waals surface area (Å²) in [6.07, 6.45) is 2.00. The van der Waals surface area contributed by atoms with Crippen molar-refractivity contribution in [3.63, 3.8) is 0 Å². The van der Waals surface area contributed by atoms with E-state index in [4.69, 9.17) is 4.74 Å². The maximum absolute atomic E-state index is 13.5. The molecule has 33 heavy (non-hydrogen) atoms. The molecule has 0 fully saturated rings. The van der Waals surface area contributed by atoms with Crippen molar-refractivity contribution >= 4 is 23.5 Å². The zero-order valence-corrected chi connectivity index (χ0v) is 17.7. The van der Waals surface area contributed by atoms with Crippen LogP contribution in [-0.4, -0.2) is 27.8 Å². The highest BCUT2D eigenvalue weighted by molar-refractivity contribution is 6.05. The van der Waals surface area contributed by atoms with Gasteiger partial charge in [-0.3, -0.25) is 10.1 Å². The van der Waals surface area contributed by atoms with E-state index in [1.807, 2.05) is 36.4 Å². The molecule has 5 rings (SSSR count). The maximum Gasteiger partial charge on any atom is 0.261 e. The van der Waals surface area contributed by atoms with Crippen LogP contribution in [0.4, 0.5) is 16.3 Å². The molecule has 0 spiro atoms. The zero-order valence-electron chi connectivity index (χ0n) is 17.7. The van der Waals surface area contributed by atoms with Gasteiger partial charge in [0.2, 0.25) is 5.95 Å². The van der Waals surface area contributed by atoms with E-state index >= 15 is 0 Å². The van der Waals surface area contributed by atoms with Crippen molar-refractivity contribution in [3.8, 4) is 5.75 Å². The summed E-state index contributed by atoms with van der Waals surface area (Å²) < 4.78 is 20.5. The molecule has 2 N–H and O–H groups in total. The Morgan fingerprint density at radius 1 is 1.03 bits per heavy atom. The summed E-state index contributed by atoms with van der Waals surface area (Å²) >= 11 is 0. The van der Waals surface area contributed by atoms with Crippen LogP contribution < -0.4 is 15.4 Å². The number of rotatable bonds is 5. The van der Waals surface area contributed by atoms with Gasteiger partial charge in [-0.2, -0.15) is 4.98 Å². The number of fused-ring (bicyclic) bond motifs is 1. The molecule has 0 saturated carbocycles. The SMILES string of the molecule is COc1ccccc1C(=O)Nc1nc2n(n1)[C@@H](c1ccc(F)cc1)C=C(c1ccccc1)N2. The minimum Gasteiger partial charge on any atom is -0.496 e. The van der Waals surface area contributed by atoms with E-state index in [1.165, 1.54) is 19.2 Å². The van der Waals surface area contributed by atoms with Crippen LogP contribution in [0.2, 0.25) is 0 Å². The standard InChI is InChI=1S/C25H20FN5O2/c1-33-22-10-6-5-9-19(22)23(32)28-24-29-25-27-20(16-7-3-2-4-8-16)15-21(31(25)30-24)17-11-13-18(26)14-12-17/h2-15,21H,1H3,(H2,27,28,29,30,32)/t21-/m1/s1. The number of nitrogens with one attached hydrogen (secondary N) is 2. The molecule has 164 valence electrons. The first-order chi connectivity index (χ1) is 16.1. The van der Waals surface area contributed by atoms with E-state index in [2.05, 4.69) is 20.7 Å². The fourth-order valence-electron chi connectivity index (χ4n) is 3.73. The number of para-hydroxylation sites is 1. The Kier molecular flexibility index (Phi) is 5.32. The predicted octanol–water partition coefficient (Wildman–Crippen LogP) is 4.73. The Morgan fingerprint density at radius 3 is 2.52 bits per heavy atom. The Bertz CT molecular complexity index is 1330. The lowest BCUT2D eigenvalue weighted by Crippen LogP contribution is -2.20. The number of carbonyl (C=O) groups excluding carboxylic acids is 1. The van der Waals surface area contributed by atoms with Crippen LogP contribution in [0.15, 0.2) is 84.9 Å². The monoisotopic (exact) mass is 441 g/mol. The van der Waals surface area contributed by atoms with E-state index in [-0.39, 0.29) is 23.7 Å². The van der Waals surface area contributed by atoms with Crippen LogP contribution in [0.5, 0.6) is 5.75 Å². The van der Waals surface area contributed by atoms with Crippen LogP contribution in [0, 0.1) is 5.82 Å². The molecule has 0 radical (unpaired) electrons. The summed E-state index contributed by atoms with van der Waals surface area (Å²) in [5.74, 6) is 0.354. The lowest BCUT2D eigenvalue weighted by molar-refractivity contribution is 0.102. The first kappa shape index (κ1) is 20.4. The van der Waals surface area contributed by atoms with Gasteiger partial charge in [0.05, 0.1) is 12.7 Å². The normalized spacial score (nSPS) is 14.6. The van der Waals surface area contributed by atoms with Gasteiger partial charge in [-0.25, -0.2) is 9.07 Å². The Morgan fingerprint density at radius 2 is 1.76 bits per heavy atom. The van der Waals surface area contributed by atoms with Crippen LogP contribution in [0.25, 0.3) is 5.70 Å². The molecular weight excluding hydrogens is 421 g/mol. The van der Waals surface area contributed by atoms with E-state index in [1.54, 1.807) is 41.1 Å². The van der Waals surface area contributed by atoms with Crippen molar-refractivity contribution in [2.45, 2.75) is 6.04 Å². The van der Waals surface area contributed by atoms with E-state index < -0.39 is 0 Å². The van der Waals surface area contributed by atoms with Crippen LogP contribution in [0.1, 0.15) is 27.5 Å². The fourth-order valence-corrected chi connectivity index (χ4v) is 3.73. The minimum atomic E-state index is -0.384. The second-order valence-electron chi connectivity index (χ2n) is 7.43. The lowest BCUT2D eigenvalue weighted by atomic mass is 10.0. The highest BCUT2D eigenvalue weighted by atomic mass is 19.1. The quantitative estimate of drug-likeness (QED) is 0.468. The predicted molar refractivity (Wildman–Crippen MR) is 124 cm³/mol. The second-order valence-corrected chi connectivity index (χ2v) is 7.43. The third kappa shape index (κ3) is 4.06. The number of anilines is 2. The molecule has 8 heteroatoms. The van der Waals surface area contributed by atoms with Gasteiger partial charge >= 0.3 is 0 Å². The molecule has 0 saturated heterocycles. The second kappa shape index (κ2) is 8.58. The van der Waals surface area contributed by atoms with Crippen molar-refractivity contribution in [2.75, 3.05) is 17.7 Å². The lowest BCUT2D eigenvalue weighted by Gasteiger charge is -2.24. The highest BCUT2D eigenvalue weighted by Gasteiger charge is 2.26. The molecule has 0 bridgehead atoms. The Labute approximate surface area is 189 Å². The average Bonchev–Trinajstić information content (AvgIpc) is 3.26. The number of ether oxygens (including phenoxy) is 1. The number of halogens is 1. The molecule has 2 heterocycles. The van der Waals surface area contributed by atoms with Gasteiger partial charge < -0.3 is 10.1 Å². The van der Waals surface area contributed by atoms with Crippen molar-refractivity contribution in [1.82, 2.24) is 14.8 Å². The van der Waals surface area contributed by atoms with Crippen LogP contribution >= 0.6 is 0 Å². The Balaban J connectivity index is 1.51. The maximum atomic E-state index is 13.5. The summed E-state index contributed by atoms with van der Waals surface area (Å²) in [5.41, 5.74) is 3.02. The van der Waals surface area contributed by atoms with E-state index in [0.717, 1.165) is 16.8 Å². The summed E-state index contributed by atoms with van der Waals surface area (Å²) in [6.45, 7) is 0. The van der Waals surface area contributed by atoms with Gasteiger partial charge in [0.25, 0.3) is 11.9 Å². The molecule has 1 aliphatic rings. The molecule has 7 nitrogen and oxygen atoms in total. The van der Waals surface area contributed by atoms with Crippen molar-refractivity contribution < 1.29 is 13.9 Å².